The fraction of sp³-hybridized carbons (Fsp3) is 0.625. The van der Waals surface area contributed by atoms with Crippen molar-refractivity contribution in [3.63, 3.8) is 0 Å². The summed E-state index contributed by atoms with van der Waals surface area (Å²) >= 11 is 5.01. The molecule has 0 saturated heterocycles. The lowest BCUT2D eigenvalue weighted by Crippen LogP contribution is -2.18. The summed E-state index contributed by atoms with van der Waals surface area (Å²) in [5.74, 6) is 0.00611. The molecule has 0 saturated carbocycles. The number of hydrogen-bond donors (Lipinski definition) is 2. The Balaban J connectivity index is 3.05. The van der Waals surface area contributed by atoms with Gasteiger partial charge in [-0.2, -0.15) is 0 Å². The highest BCUT2D eigenvalue weighted by molar-refractivity contribution is 7.90. The van der Waals surface area contributed by atoms with Crippen molar-refractivity contribution in [2.24, 2.45) is 0 Å². The molecule has 5 nitrogen and oxygen atoms in total. The predicted octanol–water partition coefficient (Wildman–Crippen LogP) is 0.644. The van der Waals surface area contributed by atoms with Crippen LogP contribution in [0.2, 0.25) is 0 Å². The molecule has 2 N–H and O–H groups in total. The lowest BCUT2D eigenvalue weighted by molar-refractivity contribution is 0.268. The van der Waals surface area contributed by atoms with Crippen LogP contribution in [0.25, 0.3) is 0 Å². The number of rotatable bonds is 4. The first kappa shape index (κ1) is 12.4. The molecule has 1 aromatic rings. The minimum absolute atomic E-state index is 0.00611. The van der Waals surface area contributed by atoms with E-state index in [1.54, 1.807) is 17.7 Å². The van der Waals surface area contributed by atoms with Crippen molar-refractivity contribution in [2.45, 2.75) is 19.6 Å². The van der Waals surface area contributed by atoms with Gasteiger partial charge in [0, 0.05) is 18.5 Å². The Hall–Kier alpha value is -0.660. The molecule has 0 radical (unpaired) electrons. The minimum atomic E-state index is -3.05. The number of H-pyrrole nitrogens is 1. The summed E-state index contributed by atoms with van der Waals surface area (Å²) in [6.07, 6.45) is 2.76. The van der Waals surface area contributed by atoms with Gasteiger partial charge >= 0.3 is 0 Å². The number of aromatic nitrogens is 2. The predicted molar refractivity (Wildman–Crippen MR) is 60.0 cm³/mol. The maximum Gasteiger partial charge on any atom is 0.177 e. The zero-order valence-electron chi connectivity index (χ0n) is 8.60. The topological polar surface area (TPSA) is 75.1 Å². The number of hydrogen-bond acceptors (Lipinski definition) is 4. The first-order chi connectivity index (χ1) is 6.85. The Kier molecular flexibility index (Phi) is 3.69. The average Bonchev–Trinajstić information content (AvgIpc) is 2.43. The van der Waals surface area contributed by atoms with E-state index in [2.05, 4.69) is 4.98 Å². The van der Waals surface area contributed by atoms with Gasteiger partial charge in [-0.1, -0.05) is 0 Å². The van der Waals surface area contributed by atoms with E-state index >= 15 is 0 Å². The van der Waals surface area contributed by atoms with Crippen LogP contribution in [-0.2, 0) is 16.4 Å². The van der Waals surface area contributed by atoms with E-state index in [1.807, 2.05) is 0 Å². The summed E-state index contributed by atoms with van der Waals surface area (Å²) in [6, 6.07) is -0.277. The molecule has 0 aliphatic heterocycles. The van der Waals surface area contributed by atoms with Crippen molar-refractivity contribution < 1.29 is 13.5 Å². The SMILES string of the molecule is CC(CS(C)(=O)=O)n1c(CO)c[nH]c1=S. The molecule has 0 amide bonds. The number of nitrogens with zero attached hydrogens (tertiary/aromatic N) is 1. The van der Waals surface area contributed by atoms with Crippen LogP contribution in [0.1, 0.15) is 18.7 Å². The molecule has 0 bridgehead atoms. The third kappa shape index (κ3) is 3.15. The van der Waals surface area contributed by atoms with Gasteiger partial charge in [-0.05, 0) is 19.1 Å². The summed E-state index contributed by atoms with van der Waals surface area (Å²) in [7, 11) is -3.05. The van der Waals surface area contributed by atoms with E-state index in [1.165, 1.54) is 6.26 Å². The van der Waals surface area contributed by atoms with Gasteiger partial charge in [-0.25, -0.2) is 8.42 Å². The number of aliphatic hydroxyl groups is 1. The third-order valence-corrected chi connectivity index (χ3v) is 3.44. The average molecular weight is 250 g/mol. The summed E-state index contributed by atoms with van der Waals surface area (Å²) in [4.78, 5) is 2.78. The summed E-state index contributed by atoms with van der Waals surface area (Å²) in [6.45, 7) is 1.59. The molecule has 0 fully saturated rings. The van der Waals surface area contributed by atoms with Crippen LogP contribution in [0.3, 0.4) is 0 Å². The van der Waals surface area contributed by atoms with E-state index in [0.717, 1.165) is 0 Å². The van der Waals surface area contributed by atoms with Gasteiger partial charge in [0.15, 0.2) is 4.77 Å². The standard InChI is InChI=1S/C8H14N2O3S2/c1-6(5-15(2,12)13)10-7(4-11)3-9-8(10)14/h3,6,11H,4-5H2,1-2H3,(H,9,14). The molecule has 0 aromatic carbocycles. The van der Waals surface area contributed by atoms with Crippen LogP contribution in [0.15, 0.2) is 6.20 Å². The maximum absolute atomic E-state index is 11.1. The first-order valence-electron chi connectivity index (χ1n) is 4.42. The molecule has 1 aromatic heterocycles. The molecule has 1 rings (SSSR count). The minimum Gasteiger partial charge on any atom is -0.390 e. The normalized spacial score (nSPS) is 14.1. The van der Waals surface area contributed by atoms with Crippen molar-refractivity contribution in [1.82, 2.24) is 9.55 Å². The molecular formula is C8H14N2O3S2. The van der Waals surface area contributed by atoms with Gasteiger partial charge in [0.2, 0.25) is 0 Å². The molecule has 1 heterocycles. The number of aliphatic hydroxyl groups excluding tert-OH is 1. The molecule has 0 aliphatic rings. The van der Waals surface area contributed by atoms with Crippen molar-refractivity contribution in [3.8, 4) is 0 Å². The van der Waals surface area contributed by atoms with Gasteiger partial charge in [0.1, 0.15) is 9.84 Å². The highest BCUT2D eigenvalue weighted by atomic mass is 32.2. The number of imidazole rings is 1. The van der Waals surface area contributed by atoms with E-state index in [4.69, 9.17) is 17.3 Å². The molecule has 1 atom stereocenters. The quantitative estimate of drug-likeness (QED) is 0.769. The van der Waals surface area contributed by atoms with E-state index < -0.39 is 9.84 Å². The lowest BCUT2D eigenvalue weighted by Gasteiger charge is -2.14. The van der Waals surface area contributed by atoms with Crippen molar-refractivity contribution in [1.29, 1.82) is 0 Å². The van der Waals surface area contributed by atoms with Crippen LogP contribution in [0, 0.1) is 4.77 Å². The second-order valence-electron chi connectivity index (χ2n) is 3.55. The van der Waals surface area contributed by atoms with E-state index in [9.17, 15) is 8.42 Å². The molecule has 15 heavy (non-hydrogen) atoms. The van der Waals surface area contributed by atoms with Gasteiger partial charge < -0.3 is 14.7 Å². The monoisotopic (exact) mass is 250 g/mol. The molecule has 7 heteroatoms. The summed E-state index contributed by atoms with van der Waals surface area (Å²) < 4.78 is 24.3. The van der Waals surface area contributed by atoms with Crippen LogP contribution >= 0.6 is 12.2 Å². The van der Waals surface area contributed by atoms with Crippen LogP contribution in [0.5, 0.6) is 0 Å². The van der Waals surface area contributed by atoms with Crippen LogP contribution < -0.4 is 0 Å². The third-order valence-electron chi connectivity index (χ3n) is 2.04. The lowest BCUT2D eigenvalue weighted by atomic mass is 10.3. The zero-order valence-corrected chi connectivity index (χ0v) is 10.2. The number of sulfone groups is 1. The fourth-order valence-electron chi connectivity index (χ4n) is 1.53. The Morgan fingerprint density at radius 3 is 2.73 bits per heavy atom. The van der Waals surface area contributed by atoms with Crippen molar-refractivity contribution in [3.05, 3.63) is 16.7 Å². The zero-order chi connectivity index (χ0) is 11.6. The molecule has 86 valence electrons. The Labute approximate surface area is 93.7 Å². The summed E-state index contributed by atoms with van der Waals surface area (Å²) in [5.41, 5.74) is 0.594. The Morgan fingerprint density at radius 1 is 1.67 bits per heavy atom. The summed E-state index contributed by atoms with van der Waals surface area (Å²) in [5, 5.41) is 9.04. The van der Waals surface area contributed by atoms with Gasteiger partial charge in [0.25, 0.3) is 0 Å². The van der Waals surface area contributed by atoms with Crippen molar-refractivity contribution in [2.75, 3.05) is 12.0 Å². The second-order valence-corrected chi connectivity index (χ2v) is 6.13. The Bertz CT molecular complexity index is 486. The highest BCUT2D eigenvalue weighted by Gasteiger charge is 2.15. The number of aromatic amines is 1. The van der Waals surface area contributed by atoms with Crippen LogP contribution in [0.4, 0.5) is 0 Å². The molecule has 1 unspecified atom stereocenters. The second kappa shape index (κ2) is 4.46. The maximum atomic E-state index is 11.1. The smallest absolute Gasteiger partial charge is 0.177 e. The largest absolute Gasteiger partial charge is 0.390 e. The fourth-order valence-corrected chi connectivity index (χ4v) is 2.91. The van der Waals surface area contributed by atoms with E-state index in [0.29, 0.717) is 10.5 Å². The number of nitrogens with one attached hydrogen (secondary N) is 1. The molecule has 0 spiro atoms. The van der Waals surface area contributed by atoms with E-state index in [-0.39, 0.29) is 18.4 Å². The highest BCUT2D eigenvalue weighted by Crippen LogP contribution is 2.13. The molecule has 0 aliphatic carbocycles. The van der Waals surface area contributed by atoms with Gasteiger partial charge in [0.05, 0.1) is 18.1 Å². The van der Waals surface area contributed by atoms with Gasteiger partial charge in [-0.15, -0.1) is 0 Å². The first-order valence-corrected chi connectivity index (χ1v) is 6.89. The Morgan fingerprint density at radius 2 is 2.27 bits per heavy atom. The van der Waals surface area contributed by atoms with Gasteiger partial charge in [-0.3, -0.25) is 0 Å². The van der Waals surface area contributed by atoms with Crippen LogP contribution in [-0.4, -0.2) is 35.1 Å². The van der Waals surface area contributed by atoms with Crippen molar-refractivity contribution >= 4 is 22.1 Å². The molecular weight excluding hydrogens is 236 g/mol.